The van der Waals surface area contributed by atoms with Crippen molar-refractivity contribution in [3.05, 3.63) is 58.7 Å². The Morgan fingerprint density at radius 1 is 1.10 bits per heavy atom. The number of benzene rings is 2. The zero-order valence-corrected chi connectivity index (χ0v) is 11.2. The third kappa shape index (κ3) is 2.99. The molecule has 102 valence electrons. The summed E-state index contributed by atoms with van der Waals surface area (Å²) in [6.45, 7) is 1.70. The number of nitriles is 2. The van der Waals surface area contributed by atoms with Crippen molar-refractivity contribution in [3.63, 3.8) is 0 Å². The van der Waals surface area contributed by atoms with Crippen LogP contribution >= 0.6 is 0 Å². The fraction of sp³-hybridized carbons (Fsp3) is 0.0625. The van der Waals surface area contributed by atoms with E-state index in [1.54, 1.807) is 19.1 Å². The third-order valence-corrected chi connectivity index (χ3v) is 2.98. The molecule has 0 fully saturated rings. The van der Waals surface area contributed by atoms with Gasteiger partial charge in [0.1, 0.15) is 17.9 Å². The van der Waals surface area contributed by atoms with Gasteiger partial charge in [0.15, 0.2) is 0 Å². The van der Waals surface area contributed by atoms with Gasteiger partial charge >= 0.3 is 0 Å². The van der Waals surface area contributed by atoms with E-state index in [0.717, 1.165) is 0 Å². The fourth-order valence-corrected chi connectivity index (χ4v) is 1.81. The van der Waals surface area contributed by atoms with E-state index in [9.17, 15) is 9.90 Å². The van der Waals surface area contributed by atoms with Crippen molar-refractivity contribution in [1.82, 2.24) is 0 Å². The van der Waals surface area contributed by atoms with Crippen molar-refractivity contribution in [2.45, 2.75) is 6.92 Å². The van der Waals surface area contributed by atoms with Crippen LogP contribution in [-0.2, 0) is 0 Å². The number of phenolic OH excluding ortho intramolecular Hbond substituents is 1. The lowest BCUT2D eigenvalue weighted by atomic mass is 10.1. The van der Waals surface area contributed by atoms with Crippen LogP contribution in [0.2, 0.25) is 0 Å². The lowest BCUT2D eigenvalue weighted by molar-refractivity contribution is 0.102. The number of anilines is 1. The molecule has 2 rings (SSSR count). The summed E-state index contributed by atoms with van der Waals surface area (Å²) in [5.41, 5.74) is 1.89. The van der Waals surface area contributed by atoms with Crippen LogP contribution in [0.5, 0.6) is 5.75 Å². The van der Waals surface area contributed by atoms with Crippen LogP contribution in [0.1, 0.15) is 27.0 Å². The highest BCUT2D eigenvalue weighted by molar-refractivity contribution is 6.04. The summed E-state index contributed by atoms with van der Waals surface area (Å²) < 4.78 is 0. The van der Waals surface area contributed by atoms with E-state index in [-0.39, 0.29) is 22.8 Å². The molecule has 0 radical (unpaired) electrons. The molecule has 1 amide bonds. The molecule has 0 saturated heterocycles. The smallest absolute Gasteiger partial charge is 0.255 e. The van der Waals surface area contributed by atoms with Crippen molar-refractivity contribution < 1.29 is 9.90 Å². The van der Waals surface area contributed by atoms with Gasteiger partial charge in [-0.2, -0.15) is 10.5 Å². The molecule has 0 aliphatic carbocycles. The van der Waals surface area contributed by atoms with E-state index < -0.39 is 0 Å². The van der Waals surface area contributed by atoms with Crippen molar-refractivity contribution in [2.24, 2.45) is 0 Å². The normalized spacial score (nSPS) is 9.48. The summed E-state index contributed by atoms with van der Waals surface area (Å²) in [7, 11) is 0. The number of hydrogen-bond acceptors (Lipinski definition) is 4. The van der Waals surface area contributed by atoms with E-state index in [1.165, 1.54) is 24.3 Å². The van der Waals surface area contributed by atoms with Gasteiger partial charge in [-0.1, -0.05) is 0 Å². The summed E-state index contributed by atoms with van der Waals surface area (Å²) in [5, 5.41) is 29.9. The van der Waals surface area contributed by atoms with E-state index >= 15 is 0 Å². The van der Waals surface area contributed by atoms with Crippen LogP contribution in [0.25, 0.3) is 0 Å². The summed E-state index contributed by atoms with van der Waals surface area (Å²) >= 11 is 0. The maximum absolute atomic E-state index is 12.1. The minimum absolute atomic E-state index is 0.122. The molecular formula is C16H11N3O2. The van der Waals surface area contributed by atoms with Gasteiger partial charge in [-0.25, -0.2) is 0 Å². The largest absolute Gasteiger partial charge is 0.508 e. The Labute approximate surface area is 121 Å². The van der Waals surface area contributed by atoms with Crippen LogP contribution in [0.15, 0.2) is 36.4 Å². The first-order valence-corrected chi connectivity index (χ1v) is 6.10. The van der Waals surface area contributed by atoms with Crippen LogP contribution in [0.4, 0.5) is 5.69 Å². The molecule has 2 aromatic rings. The molecule has 2 aromatic carbocycles. The summed E-state index contributed by atoms with van der Waals surface area (Å²) in [6, 6.07) is 12.8. The van der Waals surface area contributed by atoms with Gasteiger partial charge in [0.05, 0.1) is 11.1 Å². The maximum Gasteiger partial charge on any atom is 0.255 e. The topological polar surface area (TPSA) is 96.9 Å². The summed E-state index contributed by atoms with van der Waals surface area (Å²) in [5.74, 6) is -0.233. The number of nitrogens with one attached hydrogen (secondary N) is 1. The number of carbonyl (C=O) groups excluding carboxylic acids is 1. The molecule has 5 nitrogen and oxygen atoms in total. The van der Waals surface area contributed by atoms with Gasteiger partial charge in [-0.3, -0.25) is 4.79 Å². The van der Waals surface area contributed by atoms with Crippen LogP contribution in [0.3, 0.4) is 0 Å². The van der Waals surface area contributed by atoms with E-state index in [4.69, 9.17) is 10.5 Å². The molecule has 21 heavy (non-hydrogen) atoms. The Morgan fingerprint density at radius 3 is 2.43 bits per heavy atom. The SMILES string of the molecule is Cc1cc(C(=O)Nc2ccc(C#N)c(C#N)c2)ccc1O. The van der Waals surface area contributed by atoms with Gasteiger partial charge < -0.3 is 10.4 Å². The van der Waals surface area contributed by atoms with Crippen LogP contribution in [0, 0.1) is 29.6 Å². The Bertz CT molecular complexity index is 798. The predicted molar refractivity (Wildman–Crippen MR) is 76.7 cm³/mol. The fourth-order valence-electron chi connectivity index (χ4n) is 1.81. The van der Waals surface area contributed by atoms with Crippen molar-refractivity contribution in [2.75, 3.05) is 5.32 Å². The van der Waals surface area contributed by atoms with Gasteiger partial charge in [0.2, 0.25) is 0 Å². The average molecular weight is 277 g/mol. The third-order valence-electron chi connectivity index (χ3n) is 2.98. The number of phenols is 1. The number of hydrogen-bond donors (Lipinski definition) is 2. The van der Waals surface area contributed by atoms with E-state index in [1.807, 2.05) is 12.1 Å². The summed E-state index contributed by atoms with van der Waals surface area (Å²) in [4.78, 5) is 12.1. The molecular weight excluding hydrogens is 266 g/mol. The highest BCUT2D eigenvalue weighted by Gasteiger charge is 2.09. The van der Waals surface area contributed by atoms with Crippen LogP contribution in [-0.4, -0.2) is 11.0 Å². The zero-order valence-electron chi connectivity index (χ0n) is 11.2. The van der Waals surface area contributed by atoms with Gasteiger partial charge in [-0.05, 0) is 48.9 Å². The molecule has 0 heterocycles. The van der Waals surface area contributed by atoms with Gasteiger partial charge in [0.25, 0.3) is 5.91 Å². The second kappa shape index (κ2) is 5.77. The van der Waals surface area contributed by atoms with Gasteiger partial charge in [-0.15, -0.1) is 0 Å². The number of aromatic hydroxyl groups is 1. The minimum Gasteiger partial charge on any atom is -0.508 e. The number of nitrogens with zero attached hydrogens (tertiary/aromatic N) is 2. The average Bonchev–Trinajstić information content (AvgIpc) is 2.49. The molecule has 0 aliphatic rings. The standard InChI is InChI=1S/C16H11N3O2/c1-10-6-11(3-5-15(10)20)16(21)19-14-4-2-12(8-17)13(7-14)9-18/h2-7,20H,1H3,(H,19,21). The first-order chi connectivity index (χ1) is 10.0. The predicted octanol–water partition coefficient (Wildman–Crippen LogP) is 2.70. The van der Waals surface area contributed by atoms with Crippen LogP contribution < -0.4 is 5.32 Å². The molecule has 0 atom stereocenters. The highest BCUT2D eigenvalue weighted by atomic mass is 16.3. The first kappa shape index (κ1) is 14.1. The molecule has 0 aromatic heterocycles. The molecule has 0 spiro atoms. The Kier molecular flexibility index (Phi) is 3.87. The number of rotatable bonds is 2. The molecule has 0 aliphatic heterocycles. The first-order valence-electron chi connectivity index (χ1n) is 6.10. The Balaban J connectivity index is 2.26. The van der Waals surface area contributed by atoms with Crippen molar-refractivity contribution >= 4 is 11.6 Å². The van der Waals surface area contributed by atoms with Gasteiger partial charge in [0, 0.05) is 11.3 Å². The van der Waals surface area contributed by atoms with E-state index in [0.29, 0.717) is 16.8 Å². The second-order valence-corrected chi connectivity index (χ2v) is 4.44. The molecule has 0 bridgehead atoms. The molecule has 0 unspecified atom stereocenters. The second-order valence-electron chi connectivity index (χ2n) is 4.44. The van der Waals surface area contributed by atoms with Crippen molar-refractivity contribution in [3.8, 4) is 17.9 Å². The lowest BCUT2D eigenvalue weighted by Gasteiger charge is -2.07. The number of carbonyl (C=O) groups is 1. The quantitative estimate of drug-likeness (QED) is 0.881. The maximum atomic E-state index is 12.1. The monoisotopic (exact) mass is 277 g/mol. The van der Waals surface area contributed by atoms with Crippen molar-refractivity contribution in [1.29, 1.82) is 10.5 Å². The Hall–Kier alpha value is -3.31. The Morgan fingerprint density at radius 2 is 1.81 bits per heavy atom. The number of aryl methyl sites for hydroxylation is 1. The summed E-state index contributed by atoms with van der Waals surface area (Å²) in [6.07, 6.45) is 0. The molecule has 2 N–H and O–H groups in total. The zero-order chi connectivity index (χ0) is 15.4. The minimum atomic E-state index is -0.355. The molecule has 0 saturated carbocycles. The van der Waals surface area contributed by atoms with E-state index in [2.05, 4.69) is 5.32 Å². The number of amides is 1. The lowest BCUT2D eigenvalue weighted by Crippen LogP contribution is -2.12. The highest BCUT2D eigenvalue weighted by Crippen LogP contribution is 2.19. The molecule has 5 heteroatoms.